The predicted molar refractivity (Wildman–Crippen MR) is 79.4 cm³/mol. The van der Waals surface area contributed by atoms with Crippen LogP contribution in [0, 0.1) is 0 Å². The summed E-state index contributed by atoms with van der Waals surface area (Å²) in [6.45, 7) is 5.80. The van der Waals surface area contributed by atoms with E-state index in [1.165, 1.54) is 6.07 Å². The van der Waals surface area contributed by atoms with Crippen molar-refractivity contribution in [3.8, 4) is 11.5 Å². The van der Waals surface area contributed by atoms with Crippen molar-refractivity contribution in [3.63, 3.8) is 0 Å². The van der Waals surface area contributed by atoms with Gasteiger partial charge in [0.1, 0.15) is 0 Å². The minimum absolute atomic E-state index is 0.0921. The van der Waals surface area contributed by atoms with E-state index in [0.29, 0.717) is 0 Å². The average Bonchev–Trinajstić information content (AvgIpc) is 2.83. The molecule has 1 aromatic carbocycles. The van der Waals surface area contributed by atoms with Gasteiger partial charge in [-0.1, -0.05) is 31.9 Å². The molecule has 1 fully saturated rings. The third kappa shape index (κ3) is 3.17. The molecule has 4 nitrogen and oxygen atoms in total. The van der Waals surface area contributed by atoms with Gasteiger partial charge < -0.3 is 14.8 Å². The summed E-state index contributed by atoms with van der Waals surface area (Å²) in [7, 11) is 0. The van der Waals surface area contributed by atoms with E-state index in [9.17, 15) is 8.78 Å². The Morgan fingerprint density at radius 1 is 1.27 bits per heavy atom. The highest BCUT2D eigenvalue weighted by molar-refractivity contribution is 5.50. The lowest BCUT2D eigenvalue weighted by atomic mass is 9.97. The van der Waals surface area contributed by atoms with Gasteiger partial charge in [0.05, 0.1) is 0 Å². The predicted octanol–water partition coefficient (Wildman–Crippen LogP) is 3.14. The summed E-state index contributed by atoms with van der Waals surface area (Å²) in [6, 6.07) is 5.27. The van der Waals surface area contributed by atoms with Gasteiger partial charge in [-0.2, -0.15) is 0 Å². The lowest BCUT2D eigenvalue weighted by Gasteiger charge is -2.35. The standard InChI is InChI=1S/C16H22F2N2O2/c1-2-3-6-13(20-10-8-19-9-11-20)12-5-4-7-14-15(12)22-16(17,18)21-14/h4-5,7,13,19H,2-3,6,8-11H2,1H3/t13-/m0/s1. The van der Waals surface area contributed by atoms with Gasteiger partial charge in [-0.15, -0.1) is 8.78 Å². The van der Waals surface area contributed by atoms with Gasteiger partial charge in [-0.05, 0) is 12.5 Å². The lowest BCUT2D eigenvalue weighted by Crippen LogP contribution is -2.45. The van der Waals surface area contributed by atoms with Crippen LogP contribution in [0.15, 0.2) is 18.2 Å². The number of ether oxygens (including phenoxy) is 2. The van der Waals surface area contributed by atoms with Crippen molar-refractivity contribution in [2.24, 2.45) is 0 Å². The molecule has 1 N–H and O–H groups in total. The van der Waals surface area contributed by atoms with E-state index in [1.807, 2.05) is 6.07 Å². The van der Waals surface area contributed by atoms with Crippen LogP contribution in [0.3, 0.4) is 0 Å². The molecule has 1 aromatic rings. The molecule has 0 amide bonds. The third-order valence-corrected chi connectivity index (χ3v) is 4.24. The maximum absolute atomic E-state index is 13.4. The summed E-state index contributed by atoms with van der Waals surface area (Å²) >= 11 is 0. The van der Waals surface area contributed by atoms with E-state index >= 15 is 0 Å². The zero-order chi connectivity index (χ0) is 15.6. The summed E-state index contributed by atoms with van der Waals surface area (Å²) in [5.74, 6) is 0.339. The van der Waals surface area contributed by atoms with Crippen LogP contribution < -0.4 is 14.8 Å². The Morgan fingerprint density at radius 2 is 2.05 bits per heavy atom. The maximum atomic E-state index is 13.4. The summed E-state index contributed by atoms with van der Waals surface area (Å²) in [6.07, 6.45) is -0.500. The van der Waals surface area contributed by atoms with E-state index in [1.54, 1.807) is 6.07 Å². The molecule has 0 spiro atoms. The Balaban J connectivity index is 1.90. The van der Waals surface area contributed by atoms with E-state index < -0.39 is 6.29 Å². The molecule has 2 aliphatic rings. The summed E-state index contributed by atoms with van der Waals surface area (Å²) in [4.78, 5) is 2.35. The lowest BCUT2D eigenvalue weighted by molar-refractivity contribution is -0.287. The number of benzene rings is 1. The molecule has 0 unspecified atom stereocenters. The number of nitrogens with one attached hydrogen (secondary N) is 1. The van der Waals surface area contributed by atoms with E-state index in [0.717, 1.165) is 51.0 Å². The fourth-order valence-electron chi connectivity index (χ4n) is 3.18. The third-order valence-electron chi connectivity index (χ3n) is 4.24. The fraction of sp³-hybridized carbons (Fsp3) is 0.625. The van der Waals surface area contributed by atoms with Crippen molar-refractivity contribution >= 4 is 0 Å². The molecule has 122 valence electrons. The Hall–Kier alpha value is -1.40. The van der Waals surface area contributed by atoms with Crippen molar-refractivity contribution in [2.45, 2.75) is 38.5 Å². The van der Waals surface area contributed by atoms with E-state index in [4.69, 9.17) is 4.74 Å². The number of halogens is 2. The van der Waals surface area contributed by atoms with Crippen LogP contribution in [0.2, 0.25) is 0 Å². The second-order valence-corrected chi connectivity index (χ2v) is 5.79. The second kappa shape index (κ2) is 6.38. The molecule has 0 saturated carbocycles. The molecule has 22 heavy (non-hydrogen) atoms. The number of alkyl halides is 2. The Morgan fingerprint density at radius 3 is 2.77 bits per heavy atom. The molecule has 0 aromatic heterocycles. The average molecular weight is 312 g/mol. The quantitative estimate of drug-likeness (QED) is 0.905. The van der Waals surface area contributed by atoms with Gasteiger partial charge in [-0.25, -0.2) is 0 Å². The maximum Gasteiger partial charge on any atom is 0.586 e. The first-order valence-corrected chi connectivity index (χ1v) is 7.94. The second-order valence-electron chi connectivity index (χ2n) is 5.79. The van der Waals surface area contributed by atoms with Crippen molar-refractivity contribution < 1.29 is 18.3 Å². The molecule has 3 rings (SSSR count). The number of fused-ring (bicyclic) bond motifs is 1. The van der Waals surface area contributed by atoms with Crippen molar-refractivity contribution in [1.82, 2.24) is 10.2 Å². The molecule has 0 radical (unpaired) electrons. The number of piperazine rings is 1. The highest BCUT2D eigenvalue weighted by Crippen LogP contribution is 2.47. The Labute approximate surface area is 129 Å². The minimum atomic E-state index is -3.56. The molecule has 0 bridgehead atoms. The number of hydrogen-bond acceptors (Lipinski definition) is 4. The minimum Gasteiger partial charge on any atom is -0.395 e. The molecule has 1 atom stereocenters. The van der Waals surface area contributed by atoms with Crippen LogP contribution in [-0.2, 0) is 0 Å². The first kappa shape index (κ1) is 15.5. The number of para-hydroxylation sites is 1. The smallest absolute Gasteiger partial charge is 0.395 e. The van der Waals surface area contributed by atoms with Crippen molar-refractivity contribution in [1.29, 1.82) is 0 Å². The monoisotopic (exact) mass is 312 g/mol. The van der Waals surface area contributed by atoms with Gasteiger partial charge in [0.15, 0.2) is 11.5 Å². The molecule has 2 heterocycles. The number of rotatable bonds is 5. The Kier molecular flexibility index (Phi) is 4.49. The number of nitrogens with zero attached hydrogens (tertiary/aromatic N) is 1. The molecular formula is C16H22F2N2O2. The molecule has 2 aliphatic heterocycles. The van der Waals surface area contributed by atoms with Crippen LogP contribution in [0.4, 0.5) is 8.78 Å². The van der Waals surface area contributed by atoms with Gasteiger partial charge in [0.2, 0.25) is 0 Å². The molecular weight excluding hydrogens is 290 g/mol. The first-order chi connectivity index (χ1) is 10.6. The molecule has 6 heteroatoms. The molecule has 0 aliphatic carbocycles. The van der Waals surface area contributed by atoms with Gasteiger partial charge in [0, 0.05) is 37.8 Å². The zero-order valence-electron chi connectivity index (χ0n) is 12.8. The fourth-order valence-corrected chi connectivity index (χ4v) is 3.18. The van der Waals surface area contributed by atoms with Gasteiger partial charge in [0.25, 0.3) is 0 Å². The number of hydrogen-bond donors (Lipinski definition) is 1. The highest BCUT2D eigenvalue weighted by atomic mass is 19.3. The highest BCUT2D eigenvalue weighted by Gasteiger charge is 2.45. The van der Waals surface area contributed by atoms with Gasteiger partial charge >= 0.3 is 6.29 Å². The first-order valence-electron chi connectivity index (χ1n) is 7.94. The Bertz CT molecular complexity index is 519. The zero-order valence-corrected chi connectivity index (χ0v) is 12.8. The summed E-state index contributed by atoms with van der Waals surface area (Å²) in [5.41, 5.74) is 0.810. The summed E-state index contributed by atoms with van der Waals surface area (Å²) < 4.78 is 36.2. The SMILES string of the molecule is CCCC[C@@H](c1cccc2c1OC(F)(F)O2)N1CCNCC1. The van der Waals surface area contributed by atoms with Crippen LogP contribution in [0.25, 0.3) is 0 Å². The normalized spacial score (nSPS) is 21.8. The molecule has 1 saturated heterocycles. The van der Waals surface area contributed by atoms with Crippen LogP contribution in [0.5, 0.6) is 11.5 Å². The van der Waals surface area contributed by atoms with Crippen LogP contribution in [0.1, 0.15) is 37.8 Å². The largest absolute Gasteiger partial charge is 0.586 e. The van der Waals surface area contributed by atoms with Crippen molar-refractivity contribution in [2.75, 3.05) is 26.2 Å². The van der Waals surface area contributed by atoms with Crippen LogP contribution in [-0.4, -0.2) is 37.4 Å². The summed E-state index contributed by atoms with van der Waals surface area (Å²) in [5, 5.41) is 3.32. The van der Waals surface area contributed by atoms with Crippen LogP contribution >= 0.6 is 0 Å². The van der Waals surface area contributed by atoms with Crippen molar-refractivity contribution in [3.05, 3.63) is 23.8 Å². The van der Waals surface area contributed by atoms with E-state index in [-0.39, 0.29) is 17.5 Å². The number of unbranched alkanes of at least 4 members (excludes halogenated alkanes) is 1. The van der Waals surface area contributed by atoms with E-state index in [2.05, 4.69) is 21.9 Å². The van der Waals surface area contributed by atoms with Gasteiger partial charge in [-0.3, -0.25) is 4.90 Å². The topological polar surface area (TPSA) is 33.7 Å².